The van der Waals surface area contributed by atoms with Gasteiger partial charge in [-0.25, -0.2) is 4.39 Å². The van der Waals surface area contributed by atoms with Crippen LogP contribution in [0.2, 0.25) is 10.0 Å². The van der Waals surface area contributed by atoms with E-state index in [-0.39, 0.29) is 21.3 Å². The fourth-order valence-corrected chi connectivity index (χ4v) is 2.79. The zero-order chi connectivity index (χ0) is 18.1. The fraction of sp³-hybridized carbons (Fsp3) is 0.0588. The van der Waals surface area contributed by atoms with Gasteiger partial charge in [0.25, 0.3) is 5.91 Å². The highest BCUT2D eigenvalue weighted by molar-refractivity contribution is 6.39. The first-order chi connectivity index (χ1) is 11.8. The van der Waals surface area contributed by atoms with Crippen LogP contribution >= 0.6 is 23.2 Å². The number of carbonyl (C=O) groups excluding carboxylic acids is 1. The molecule has 0 aliphatic carbocycles. The number of nitrogens with zero attached hydrogens (tertiary/aromatic N) is 2. The maximum Gasteiger partial charge on any atom is 0.258 e. The monoisotopic (exact) mass is 378 g/mol. The summed E-state index contributed by atoms with van der Waals surface area (Å²) in [5, 5.41) is 7.04. The molecular formula is C17H13Cl2FN4O. The van der Waals surface area contributed by atoms with Crippen molar-refractivity contribution in [1.29, 1.82) is 0 Å². The molecule has 3 aromatic rings. The van der Waals surface area contributed by atoms with Crippen molar-refractivity contribution in [3.8, 4) is 11.1 Å². The molecule has 0 aliphatic rings. The van der Waals surface area contributed by atoms with Crippen LogP contribution in [0.3, 0.4) is 0 Å². The molecular weight excluding hydrogens is 366 g/mol. The Bertz CT molecular complexity index is 948. The number of halogens is 3. The number of rotatable bonds is 3. The molecule has 8 heteroatoms. The van der Waals surface area contributed by atoms with E-state index < -0.39 is 11.7 Å². The van der Waals surface area contributed by atoms with Gasteiger partial charge in [0, 0.05) is 24.5 Å². The quantitative estimate of drug-likeness (QED) is 0.664. The van der Waals surface area contributed by atoms with Crippen molar-refractivity contribution in [3.05, 3.63) is 64.2 Å². The van der Waals surface area contributed by atoms with E-state index in [0.29, 0.717) is 11.3 Å². The van der Waals surface area contributed by atoms with Crippen LogP contribution in [0.1, 0.15) is 10.4 Å². The predicted octanol–water partition coefficient (Wildman–Crippen LogP) is 4.37. The van der Waals surface area contributed by atoms with Crippen molar-refractivity contribution < 1.29 is 9.18 Å². The van der Waals surface area contributed by atoms with Crippen molar-refractivity contribution in [2.75, 3.05) is 11.1 Å². The first-order valence-corrected chi connectivity index (χ1v) is 7.95. The highest BCUT2D eigenvalue weighted by Gasteiger charge is 2.15. The second-order valence-corrected chi connectivity index (χ2v) is 6.22. The summed E-state index contributed by atoms with van der Waals surface area (Å²) in [7, 11) is 1.77. The molecule has 1 heterocycles. The molecule has 0 aliphatic heterocycles. The molecule has 1 amide bonds. The number of hydrogen-bond acceptors (Lipinski definition) is 3. The van der Waals surface area contributed by atoms with Gasteiger partial charge in [0.1, 0.15) is 5.82 Å². The van der Waals surface area contributed by atoms with Crippen LogP contribution in [0.15, 0.2) is 42.7 Å². The predicted molar refractivity (Wildman–Crippen MR) is 97.4 cm³/mol. The minimum Gasteiger partial charge on any atom is -0.396 e. The molecule has 5 nitrogen and oxygen atoms in total. The van der Waals surface area contributed by atoms with E-state index in [9.17, 15) is 9.18 Å². The van der Waals surface area contributed by atoms with Gasteiger partial charge in [0.15, 0.2) is 0 Å². The van der Waals surface area contributed by atoms with E-state index in [1.807, 2.05) is 0 Å². The maximum absolute atomic E-state index is 14.1. The van der Waals surface area contributed by atoms with E-state index in [1.54, 1.807) is 30.2 Å². The Morgan fingerprint density at radius 3 is 2.48 bits per heavy atom. The Kier molecular flexibility index (Phi) is 4.65. The number of benzene rings is 2. The molecule has 128 valence electrons. The lowest BCUT2D eigenvalue weighted by molar-refractivity contribution is 0.102. The molecule has 25 heavy (non-hydrogen) atoms. The van der Waals surface area contributed by atoms with E-state index in [4.69, 9.17) is 28.9 Å². The van der Waals surface area contributed by atoms with Gasteiger partial charge >= 0.3 is 0 Å². The molecule has 0 saturated carbocycles. The first kappa shape index (κ1) is 17.3. The first-order valence-electron chi connectivity index (χ1n) is 7.19. The van der Waals surface area contributed by atoms with E-state index in [0.717, 1.165) is 5.56 Å². The lowest BCUT2D eigenvalue weighted by Gasteiger charge is -2.10. The van der Waals surface area contributed by atoms with Crippen LogP contribution in [-0.2, 0) is 7.05 Å². The SMILES string of the molecule is Cn1cc(-c2ccc(F)c(C(=O)Nc3cc(Cl)c(N)c(Cl)c3)c2)cn1. The highest BCUT2D eigenvalue weighted by Crippen LogP contribution is 2.31. The van der Waals surface area contributed by atoms with Crippen molar-refractivity contribution in [1.82, 2.24) is 9.78 Å². The Labute approximate surface area is 153 Å². The number of nitrogens with one attached hydrogen (secondary N) is 1. The molecule has 0 spiro atoms. The normalized spacial score (nSPS) is 10.7. The zero-order valence-corrected chi connectivity index (χ0v) is 14.6. The van der Waals surface area contributed by atoms with Crippen molar-refractivity contribution >= 4 is 40.5 Å². The second kappa shape index (κ2) is 6.74. The largest absolute Gasteiger partial charge is 0.396 e. The average Bonchev–Trinajstić information content (AvgIpc) is 2.99. The second-order valence-electron chi connectivity index (χ2n) is 5.40. The summed E-state index contributed by atoms with van der Waals surface area (Å²) in [6, 6.07) is 7.18. The highest BCUT2D eigenvalue weighted by atomic mass is 35.5. The molecule has 0 bridgehead atoms. The summed E-state index contributed by atoms with van der Waals surface area (Å²) in [6.07, 6.45) is 3.41. The van der Waals surface area contributed by atoms with Crippen LogP contribution in [0.5, 0.6) is 0 Å². The van der Waals surface area contributed by atoms with Gasteiger partial charge in [-0.1, -0.05) is 29.3 Å². The molecule has 1 aromatic heterocycles. The fourth-order valence-electron chi connectivity index (χ4n) is 2.30. The molecule has 3 rings (SSSR count). The molecule has 0 atom stereocenters. The van der Waals surface area contributed by atoms with Crippen molar-refractivity contribution in [3.63, 3.8) is 0 Å². The molecule has 2 aromatic carbocycles. The van der Waals surface area contributed by atoms with Crippen LogP contribution < -0.4 is 11.1 Å². The molecule has 0 fully saturated rings. The topological polar surface area (TPSA) is 72.9 Å². The summed E-state index contributed by atoms with van der Waals surface area (Å²) in [6.45, 7) is 0. The number of carbonyl (C=O) groups is 1. The van der Waals surface area contributed by atoms with E-state index in [2.05, 4.69) is 10.4 Å². The maximum atomic E-state index is 14.1. The van der Waals surface area contributed by atoms with Crippen molar-refractivity contribution in [2.45, 2.75) is 0 Å². The Balaban J connectivity index is 1.92. The summed E-state index contributed by atoms with van der Waals surface area (Å²) in [5.41, 5.74) is 7.53. The zero-order valence-electron chi connectivity index (χ0n) is 13.1. The van der Waals surface area contributed by atoms with Gasteiger partial charge in [0.2, 0.25) is 0 Å². The number of nitrogen functional groups attached to an aromatic ring is 1. The Morgan fingerprint density at radius 2 is 1.88 bits per heavy atom. The summed E-state index contributed by atoms with van der Waals surface area (Å²) in [5.74, 6) is -1.27. The van der Waals surface area contributed by atoms with Crippen LogP contribution in [-0.4, -0.2) is 15.7 Å². The van der Waals surface area contributed by atoms with Gasteiger partial charge in [0.05, 0.1) is 27.5 Å². The summed E-state index contributed by atoms with van der Waals surface area (Å²) < 4.78 is 15.7. The minimum atomic E-state index is -0.641. The van der Waals surface area contributed by atoms with Gasteiger partial charge in [-0.05, 0) is 29.8 Å². The third-order valence-electron chi connectivity index (χ3n) is 3.59. The minimum absolute atomic E-state index is 0.106. The number of aromatic nitrogens is 2. The number of aryl methyl sites for hydroxylation is 1. The number of amides is 1. The molecule has 3 N–H and O–H groups in total. The molecule has 0 radical (unpaired) electrons. The lowest BCUT2D eigenvalue weighted by Crippen LogP contribution is -2.14. The van der Waals surface area contributed by atoms with Crippen molar-refractivity contribution in [2.24, 2.45) is 7.05 Å². The smallest absolute Gasteiger partial charge is 0.258 e. The molecule has 0 saturated heterocycles. The molecule has 0 unspecified atom stereocenters. The van der Waals surface area contributed by atoms with E-state index in [1.165, 1.54) is 24.3 Å². The number of anilines is 2. The average molecular weight is 379 g/mol. The number of nitrogens with two attached hydrogens (primary N) is 1. The summed E-state index contributed by atoms with van der Waals surface area (Å²) >= 11 is 11.9. The standard InChI is InChI=1S/C17H13Cl2FN4O/c1-24-8-10(7-22-24)9-2-3-15(20)12(4-9)17(25)23-11-5-13(18)16(21)14(19)6-11/h2-8H,21H2,1H3,(H,23,25). The third-order valence-corrected chi connectivity index (χ3v) is 4.21. The van der Waals surface area contributed by atoms with Gasteiger partial charge in [-0.2, -0.15) is 5.10 Å². The van der Waals surface area contributed by atoms with E-state index >= 15 is 0 Å². The lowest BCUT2D eigenvalue weighted by atomic mass is 10.1. The summed E-state index contributed by atoms with van der Waals surface area (Å²) in [4.78, 5) is 12.4. The van der Waals surface area contributed by atoms with Crippen LogP contribution in [0.25, 0.3) is 11.1 Å². The van der Waals surface area contributed by atoms with Crippen LogP contribution in [0.4, 0.5) is 15.8 Å². The Hall–Kier alpha value is -2.57. The number of hydrogen-bond donors (Lipinski definition) is 2. The van der Waals surface area contributed by atoms with Gasteiger partial charge in [-0.3, -0.25) is 9.48 Å². The third kappa shape index (κ3) is 3.60. The Morgan fingerprint density at radius 1 is 1.20 bits per heavy atom. The van der Waals surface area contributed by atoms with Gasteiger partial charge in [-0.15, -0.1) is 0 Å². The van der Waals surface area contributed by atoms with Crippen LogP contribution in [0, 0.1) is 5.82 Å². The van der Waals surface area contributed by atoms with Gasteiger partial charge < -0.3 is 11.1 Å².